The first-order chi connectivity index (χ1) is 15.0. The van der Waals surface area contributed by atoms with Crippen molar-refractivity contribution in [1.82, 2.24) is 14.5 Å². The highest BCUT2D eigenvalue weighted by Crippen LogP contribution is 2.21. The predicted octanol–water partition coefficient (Wildman–Crippen LogP) is 2.45. The maximum atomic E-state index is 12.9. The molecule has 2 N–H and O–H groups in total. The van der Waals surface area contributed by atoms with Gasteiger partial charge in [0.1, 0.15) is 5.75 Å². The number of ether oxygens (including phenoxy) is 1. The normalized spacial score (nSPS) is 11.6. The van der Waals surface area contributed by atoms with Crippen molar-refractivity contribution >= 4 is 20.7 Å². The van der Waals surface area contributed by atoms with Crippen LogP contribution in [0.4, 0.5) is 0 Å². The number of nitrogens with zero attached hydrogens (tertiary/aromatic N) is 2. The van der Waals surface area contributed by atoms with Crippen molar-refractivity contribution in [1.29, 1.82) is 0 Å². The van der Waals surface area contributed by atoms with Crippen LogP contribution < -0.4 is 10.3 Å². The monoisotopic (exact) mass is 439 g/mol. The molecule has 0 unspecified atom stereocenters. The largest absolute Gasteiger partial charge is 0.494 e. The van der Waals surface area contributed by atoms with E-state index in [-0.39, 0.29) is 36.1 Å². The molecule has 0 fully saturated rings. The van der Waals surface area contributed by atoms with Crippen LogP contribution in [0.5, 0.6) is 5.75 Å². The molecule has 160 valence electrons. The molecule has 2 heterocycles. The number of H-pyrrole nitrogens is 1. The number of hydrogen-bond acceptors (Lipinski definition) is 6. The molecule has 0 aliphatic carbocycles. The van der Waals surface area contributed by atoms with E-state index in [0.717, 1.165) is 5.39 Å². The minimum atomic E-state index is -3.66. The molecular formula is C22H21N3O5S. The van der Waals surface area contributed by atoms with Crippen LogP contribution >= 0.6 is 0 Å². The molecule has 0 aliphatic rings. The summed E-state index contributed by atoms with van der Waals surface area (Å²) in [5.74, 6) is 0.460. The smallest absolute Gasteiger partial charge is 0.248 e. The first kappa shape index (κ1) is 20.8. The van der Waals surface area contributed by atoms with E-state index < -0.39 is 9.84 Å². The van der Waals surface area contributed by atoms with Crippen molar-refractivity contribution in [2.24, 2.45) is 0 Å². The average molecular weight is 439 g/mol. The van der Waals surface area contributed by atoms with Crippen molar-refractivity contribution in [3.63, 3.8) is 0 Å². The zero-order valence-electron chi connectivity index (χ0n) is 16.6. The Kier molecular flexibility index (Phi) is 5.88. The van der Waals surface area contributed by atoms with Crippen LogP contribution in [0.2, 0.25) is 0 Å². The van der Waals surface area contributed by atoms with Gasteiger partial charge in [-0.15, -0.1) is 0 Å². The van der Waals surface area contributed by atoms with E-state index in [9.17, 15) is 18.3 Å². The summed E-state index contributed by atoms with van der Waals surface area (Å²) in [6.45, 7) is 0.00333. The van der Waals surface area contributed by atoms with E-state index in [2.05, 4.69) is 9.97 Å². The van der Waals surface area contributed by atoms with Crippen LogP contribution in [-0.4, -0.2) is 40.4 Å². The van der Waals surface area contributed by atoms with Gasteiger partial charge in [0, 0.05) is 34.9 Å². The van der Waals surface area contributed by atoms with Crippen molar-refractivity contribution < 1.29 is 18.3 Å². The van der Waals surface area contributed by atoms with Crippen LogP contribution in [-0.2, 0) is 16.4 Å². The fourth-order valence-corrected chi connectivity index (χ4v) is 4.70. The third-order valence-corrected chi connectivity index (χ3v) is 6.51. The molecule has 0 radical (unpaired) electrons. The predicted molar refractivity (Wildman–Crippen MR) is 116 cm³/mol. The van der Waals surface area contributed by atoms with Gasteiger partial charge in [0.15, 0.2) is 0 Å². The molecule has 4 rings (SSSR count). The summed E-state index contributed by atoms with van der Waals surface area (Å²) >= 11 is 0. The molecule has 0 amide bonds. The average Bonchev–Trinajstić information content (AvgIpc) is 3.27. The molecule has 0 aliphatic heterocycles. The number of benzene rings is 2. The number of para-hydroxylation sites is 1. The zero-order chi connectivity index (χ0) is 21.8. The van der Waals surface area contributed by atoms with Crippen molar-refractivity contribution in [2.45, 2.75) is 18.2 Å². The molecule has 9 heteroatoms. The Morgan fingerprint density at radius 1 is 1.10 bits per heavy atom. The van der Waals surface area contributed by atoms with Crippen LogP contribution in [0, 0.1) is 0 Å². The molecule has 2 aromatic carbocycles. The number of pyridine rings is 1. The van der Waals surface area contributed by atoms with E-state index >= 15 is 0 Å². The molecular weight excluding hydrogens is 418 g/mol. The Bertz CT molecular complexity index is 1380. The number of aliphatic hydroxyl groups is 1. The molecule has 0 saturated heterocycles. The molecule has 0 spiro atoms. The number of imidazole rings is 1. The third-order valence-electron chi connectivity index (χ3n) is 4.83. The van der Waals surface area contributed by atoms with Gasteiger partial charge in [-0.1, -0.05) is 18.2 Å². The molecule has 0 atom stereocenters. The van der Waals surface area contributed by atoms with Crippen molar-refractivity contribution in [2.75, 3.05) is 12.4 Å². The molecule has 2 aromatic heterocycles. The zero-order valence-corrected chi connectivity index (χ0v) is 17.4. The van der Waals surface area contributed by atoms with Gasteiger partial charge >= 0.3 is 0 Å². The van der Waals surface area contributed by atoms with Gasteiger partial charge in [-0.2, -0.15) is 0 Å². The number of aromatic amines is 1. The van der Waals surface area contributed by atoms with Gasteiger partial charge in [0.2, 0.25) is 20.6 Å². The van der Waals surface area contributed by atoms with Crippen molar-refractivity contribution in [3.8, 4) is 11.4 Å². The molecule has 0 bridgehead atoms. The van der Waals surface area contributed by atoms with Crippen LogP contribution in [0.3, 0.4) is 0 Å². The number of nitrogens with one attached hydrogen (secondary N) is 1. The number of hydrogen-bond donors (Lipinski definition) is 2. The van der Waals surface area contributed by atoms with E-state index in [1.165, 1.54) is 16.8 Å². The first-order valence-electron chi connectivity index (χ1n) is 9.69. The lowest BCUT2D eigenvalue weighted by molar-refractivity contribution is 0.281. The lowest BCUT2D eigenvalue weighted by Gasteiger charge is -2.12. The van der Waals surface area contributed by atoms with Crippen LogP contribution in [0.15, 0.2) is 76.9 Å². The summed E-state index contributed by atoms with van der Waals surface area (Å²) in [7, 11) is -3.66. The highest BCUT2D eigenvalue weighted by molar-refractivity contribution is 7.91. The highest BCUT2D eigenvalue weighted by atomic mass is 32.2. The maximum absolute atomic E-state index is 12.9. The Morgan fingerprint density at radius 3 is 2.77 bits per heavy atom. The summed E-state index contributed by atoms with van der Waals surface area (Å²) in [5.41, 5.74) is 1.72. The van der Waals surface area contributed by atoms with E-state index in [1.807, 2.05) is 0 Å². The topological polar surface area (TPSA) is 114 Å². The standard InChI is InChI=1S/C22H21N3O5S/c26-15-17-4-1-2-5-20(17)25-11-10-23-22(25)31(28,29)13-3-12-30-18-7-8-19-16(14-18)6-9-21(27)24-19/h1-2,4-11,14,26H,3,12-13,15H2,(H,24,27). The highest BCUT2D eigenvalue weighted by Gasteiger charge is 2.22. The second kappa shape index (κ2) is 8.75. The van der Waals surface area contributed by atoms with E-state index in [4.69, 9.17) is 4.74 Å². The minimum Gasteiger partial charge on any atom is -0.494 e. The van der Waals surface area contributed by atoms with Gasteiger partial charge in [0.25, 0.3) is 0 Å². The molecule has 8 nitrogen and oxygen atoms in total. The summed E-state index contributed by atoms with van der Waals surface area (Å²) in [5, 5.41) is 10.3. The number of fused-ring (bicyclic) bond motifs is 1. The molecule has 31 heavy (non-hydrogen) atoms. The second-order valence-corrected chi connectivity index (χ2v) is 8.96. The Hall–Kier alpha value is -3.43. The van der Waals surface area contributed by atoms with Gasteiger partial charge in [0.05, 0.1) is 24.7 Å². The number of sulfone groups is 1. The van der Waals surface area contributed by atoms with E-state index in [1.54, 1.807) is 54.7 Å². The summed E-state index contributed by atoms with van der Waals surface area (Å²) in [4.78, 5) is 18.1. The number of aliphatic hydroxyl groups excluding tert-OH is 1. The molecule has 4 aromatic rings. The maximum Gasteiger partial charge on any atom is 0.248 e. The van der Waals surface area contributed by atoms with Gasteiger partial charge < -0.3 is 14.8 Å². The van der Waals surface area contributed by atoms with E-state index in [0.29, 0.717) is 22.5 Å². The molecule has 0 saturated carbocycles. The lowest BCUT2D eigenvalue weighted by Crippen LogP contribution is -2.16. The summed E-state index contributed by atoms with van der Waals surface area (Å²) in [6, 6.07) is 15.4. The lowest BCUT2D eigenvalue weighted by atomic mass is 10.2. The summed E-state index contributed by atoms with van der Waals surface area (Å²) < 4.78 is 32.9. The van der Waals surface area contributed by atoms with Gasteiger partial charge in [-0.3, -0.25) is 9.36 Å². The third kappa shape index (κ3) is 4.52. The van der Waals surface area contributed by atoms with Crippen molar-refractivity contribution in [3.05, 3.63) is 82.9 Å². The Morgan fingerprint density at radius 2 is 1.94 bits per heavy atom. The number of aromatic nitrogens is 3. The van der Waals surface area contributed by atoms with Gasteiger partial charge in [-0.25, -0.2) is 13.4 Å². The summed E-state index contributed by atoms with van der Waals surface area (Å²) in [6.07, 6.45) is 3.27. The fourth-order valence-electron chi connectivity index (χ4n) is 3.34. The van der Waals surface area contributed by atoms with Crippen LogP contribution in [0.1, 0.15) is 12.0 Å². The second-order valence-electron chi connectivity index (χ2n) is 6.96. The first-order valence-corrected chi connectivity index (χ1v) is 11.3. The van der Waals surface area contributed by atoms with Gasteiger partial charge in [-0.05, 0) is 36.8 Å². The Labute approximate surface area is 178 Å². The SMILES string of the molecule is O=c1ccc2cc(OCCCS(=O)(=O)c3nccn3-c3ccccc3CO)ccc2[nH]1. The number of rotatable bonds is 8. The quantitative estimate of drug-likeness (QED) is 0.408. The Balaban J connectivity index is 1.43. The van der Waals surface area contributed by atoms with Crippen LogP contribution in [0.25, 0.3) is 16.6 Å². The fraction of sp³-hybridized carbons (Fsp3) is 0.182. The minimum absolute atomic E-state index is 0.0666.